The number of nitrogens with zero attached hydrogens (tertiary/aromatic N) is 2. The van der Waals surface area contributed by atoms with E-state index >= 15 is 0 Å². The highest BCUT2D eigenvalue weighted by atomic mass is 19.1. The number of ether oxygens (including phenoxy) is 1. The van der Waals surface area contributed by atoms with Crippen LogP contribution in [0.25, 0.3) is 0 Å². The molecule has 7 nitrogen and oxygen atoms in total. The molecule has 8 heteroatoms. The van der Waals surface area contributed by atoms with Crippen molar-refractivity contribution < 1.29 is 18.8 Å². The van der Waals surface area contributed by atoms with Gasteiger partial charge in [0, 0.05) is 18.7 Å². The van der Waals surface area contributed by atoms with Crippen molar-refractivity contribution in [3.8, 4) is 5.75 Å². The van der Waals surface area contributed by atoms with Gasteiger partial charge in [-0.25, -0.2) is 4.39 Å². The second-order valence-electron chi connectivity index (χ2n) is 5.06. The Morgan fingerprint density at radius 3 is 2.58 bits per heavy atom. The van der Waals surface area contributed by atoms with Gasteiger partial charge in [0.15, 0.2) is 0 Å². The molecule has 0 unspecified atom stereocenters. The smallest absolute Gasteiger partial charge is 0.292 e. The van der Waals surface area contributed by atoms with Gasteiger partial charge in [-0.15, -0.1) is 0 Å². The second kappa shape index (κ2) is 7.40. The Morgan fingerprint density at radius 2 is 1.96 bits per heavy atom. The minimum Gasteiger partial charge on any atom is -0.492 e. The molecule has 0 heterocycles. The molecule has 0 aliphatic rings. The van der Waals surface area contributed by atoms with Gasteiger partial charge in [-0.2, -0.15) is 0 Å². The normalized spacial score (nSPS) is 10.2. The highest BCUT2D eigenvalue weighted by molar-refractivity contribution is 5.95. The molecule has 2 rings (SSSR count). The molecule has 1 amide bonds. The van der Waals surface area contributed by atoms with Crippen molar-refractivity contribution in [1.29, 1.82) is 0 Å². The molecule has 0 aliphatic heterocycles. The Bertz CT molecular complexity index is 749. The summed E-state index contributed by atoms with van der Waals surface area (Å²) < 4.78 is 18.2. The van der Waals surface area contributed by atoms with Crippen molar-refractivity contribution >= 4 is 17.3 Å². The molecule has 0 atom stereocenters. The van der Waals surface area contributed by atoms with Crippen LogP contribution in [0.5, 0.6) is 5.75 Å². The fourth-order valence-corrected chi connectivity index (χ4v) is 1.99. The summed E-state index contributed by atoms with van der Waals surface area (Å²) in [7, 11) is 1.55. The van der Waals surface area contributed by atoms with Crippen LogP contribution < -0.4 is 10.5 Å². The summed E-state index contributed by atoms with van der Waals surface area (Å²) in [6, 6.07) is 9.43. The molecule has 2 N–H and O–H groups in total. The molecule has 0 bridgehead atoms. The van der Waals surface area contributed by atoms with Crippen molar-refractivity contribution in [3.05, 3.63) is 64.0 Å². The monoisotopic (exact) mass is 333 g/mol. The number of nitro groups is 1. The van der Waals surface area contributed by atoms with Gasteiger partial charge >= 0.3 is 0 Å². The minimum atomic E-state index is -0.635. The van der Waals surface area contributed by atoms with Crippen LogP contribution in [0, 0.1) is 15.9 Å². The van der Waals surface area contributed by atoms with Gasteiger partial charge in [-0.1, -0.05) is 0 Å². The Hall–Kier alpha value is -3.16. The van der Waals surface area contributed by atoms with Crippen LogP contribution in [0.3, 0.4) is 0 Å². The second-order valence-corrected chi connectivity index (χ2v) is 5.06. The number of nitro benzene ring substituents is 1. The van der Waals surface area contributed by atoms with E-state index in [1.54, 1.807) is 7.05 Å². The number of benzene rings is 2. The number of nitrogens with two attached hydrogens (primary N) is 1. The molecule has 0 spiro atoms. The maximum atomic E-state index is 12.8. The third-order valence-corrected chi connectivity index (χ3v) is 3.33. The summed E-state index contributed by atoms with van der Waals surface area (Å²) >= 11 is 0. The predicted octanol–water partition coefficient (Wildman–Crippen LogP) is 2.47. The van der Waals surface area contributed by atoms with Crippen molar-refractivity contribution in [3.63, 3.8) is 0 Å². The van der Waals surface area contributed by atoms with Crippen LogP contribution in [0.1, 0.15) is 10.4 Å². The standard InChI is InChI=1S/C16H16FN3O4/c1-19(8-9-24-13-5-3-12(17)4-6-13)16(21)11-2-7-14(18)15(10-11)20(22)23/h2-7,10H,8-9,18H2,1H3. The molecule has 0 aliphatic carbocycles. The van der Waals surface area contributed by atoms with Gasteiger partial charge < -0.3 is 15.4 Å². The van der Waals surface area contributed by atoms with Crippen LogP contribution >= 0.6 is 0 Å². The number of carbonyl (C=O) groups excluding carboxylic acids is 1. The summed E-state index contributed by atoms with van der Waals surface area (Å²) in [4.78, 5) is 23.9. The lowest BCUT2D eigenvalue weighted by atomic mass is 10.1. The molecule has 2 aromatic rings. The minimum absolute atomic E-state index is 0.00107. The van der Waals surface area contributed by atoms with Crippen molar-refractivity contribution in [2.75, 3.05) is 25.9 Å². The molecular formula is C16H16FN3O4. The third-order valence-electron chi connectivity index (χ3n) is 3.33. The zero-order valence-corrected chi connectivity index (χ0v) is 12.9. The van der Waals surface area contributed by atoms with Crippen molar-refractivity contribution in [1.82, 2.24) is 4.90 Å². The quantitative estimate of drug-likeness (QED) is 0.497. The van der Waals surface area contributed by atoms with E-state index in [1.165, 1.54) is 41.3 Å². The lowest BCUT2D eigenvalue weighted by molar-refractivity contribution is -0.383. The zero-order chi connectivity index (χ0) is 17.7. The average Bonchev–Trinajstić information content (AvgIpc) is 2.56. The SMILES string of the molecule is CN(CCOc1ccc(F)cc1)C(=O)c1ccc(N)c([N+](=O)[O-])c1. The first-order valence-corrected chi connectivity index (χ1v) is 7.06. The van der Waals surface area contributed by atoms with Gasteiger partial charge in [0.05, 0.1) is 11.5 Å². The molecule has 0 aromatic heterocycles. The first-order chi connectivity index (χ1) is 11.4. The molecule has 0 fully saturated rings. The highest BCUT2D eigenvalue weighted by Crippen LogP contribution is 2.23. The lowest BCUT2D eigenvalue weighted by Crippen LogP contribution is -2.30. The number of hydrogen-bond acceptors (Lipinski definition) is 5. The topological polar surface area (TPSA) is 98.7 Å². The number of halogens is 1. The van der Waals surface area contributed by atoms with Gasteiger partial charge in [0.25, 0.3) is 11.6 Å². The van der Waals surface area contributed by atoms with E-state index in [0.29, 0.717) is 5.75 Å². The number of likely N-dealkylation sites (N-methyl/N-ethyl adjacent to an activating group) is 1. The van der Waals surface area contributed by atoms with E-state index in [2.05, 4.69) is 0 Å². The fourth-order valence-electron chi connectivity index (χ4n) is 1.99. The fraction of sp³-hybridized carbons (Fsp3) is 0.188. The zero-order valence-electron chi connectivity index (χ0n) is 12.9. The third kappa shape index (κ3) is 4.19. The summed E-state index contributed by atoms with van der Waals surface area (Å²) in [5.74, 6) is -0.263. The van der Waals surface area contributed by atoms with Crippen LogP contribution in [0.2, 0.25) is 0 Å². The summed E-state index contributed by atoms with van der Waals surface area (Å²) in [5.41, 5.74) is 5.37. The van der Waals surface area contributed by atoms with E-state index in [1.807, 2.05) is 0 Å². The number of amides is 1. The number of rotatable bonds is 6. The first kappa shape index (κ1) is 17.2. The number of hydrogen-bond donors (Lipinski definition) is 1. The molecule has 24 heavy (non-hydrogen) atoms. The molecular weight excluding hydrogens is 317 g/mol. The van der Waals surface area contributed by atoms with Gasteiger partial charge in [-0.3, -0.25) is 14.9 Å². The number of anilines is 1. The van der Waals surface area contributed by atoms with E-state index < -0.39 is 4.92 Å². The number of carbonyl (C=O) groups is 1. The largest absolute Gasteiger partial charge is 0.492 e. The van der Waals surface area contributed by atoms with Gasteiger partial charge in [0.2, 0.25) is 0 Å². The maximum absolute atomic E-state index is 12.8. The molecule has 126 valence electrons. The summed E-state index contributed by atoms with van der Waals surface area (Å²) in [6.07, 6.45) is 0. The molecule has 2 aromatic carbocycles. The Kier molecular flexibility index (Phi) is 5.31. The predicted molar refractivity (Wildman–Crippen MR) is 86.4 cm³/mol. The highest BCUT2D eigenvalue weighted by Gasteiger charge is 2.18. The first-order valence-electron chi connectivity index (χ1n) is 7.06. The molecule has 0 radical (unpaired) electrons. The van der Waals surface area contributed by atoms with Crippen molar-refractivity contribution in [2.24, 2.45) is 0 Å². The van der Waals surface area contributed by atoms with E-state index in [0.717, 1.165) is 6.07 Å². The van der Waals surface area contributed by atoms with Gasteiger partial charge in [-0.05, 0) is 36.4 Å². The lowest BCUT2D eigenvalue weighted by Gasteiger charge is -2.17. The van der Waals surface area contributed by atoms with E-state index in [4.69, 9.17) is 10.5 Å². The van der Waals surface area contributed by atoms with Crippen LogP contribution in [-0.2, 0) is 0 Å². The average molecular weight is 333 g/mol. The molecule has 0 saturated heterocycles. The maximum Gasteiger partial charge on any atom is 0.292 e. The number of nitrogen functional groups attached to an aromatic ring is 1. The van der Waals surface area contributed by atoms with Gasteiger partial charge in [0.1, 0.15) is 23.9 Å². The Labute approximate surface area is 137 Å². The Morgan fingerprint density at radius 1 is 1.29 bits per heavy atom. The van der Waals surface area contributed by atoms with E-state index in [9.17, 15) is 19.3 Å². The van der Waals surface area contributed by atoms with Crippen molar-refractivity contribution in [2.45, 2.75) is 0 Å². The van der Waals surface area contributed by atoms with Crippen LogP contribution in [0.15, 0.2) is 42.5 Å². The molecule has 0 saturated carbocycles. The van der Waals surface area contributed by atoms with Crippen LogP contribution in [0.4, 0.5) is 15.8 Å². The van der Waals surface area contributed by atoms with E-state index in [-0.39, 0.29) is 41.8 Å². The Balaban J connectivity index is 1.95. The summed E-state index contributed by atoms with van der Waals surface area (Å²) in [5, 5.41) is 10.9. The summed E-state index contributed by atoms with van der Waals surface area (Å²) in [6.45, 7) is 0.458. The van der Waals surface area contributed by atoms with Crippen LogP contribution in [-0.4, -0.2) is 35.9 Å².